The highest BCUT2D eigenvalue weighted by Gasteiger charge is 2.16. The lowest BCUT2D eigenvalue weighted by Crippen LogP contribution is -2.31. The van der Waals surface area contributed by atoms with E-state index in [1.807, 2.05) is 12.1 Å². The molecule has 1 saturated heterocycles. The predicted octanol–water partition coefficient (Wildman–Crippen LogP) is 2.97. The summed E-state index contributed by atoms with van der Waals surface area (Å²) < 4.78 is 6.43. The maximum absolute atomic E-state index is 5.35. The summed E-state index contributed by atoms with van der Waals surface area (Å²) in [5.74, 6) is 2.18. The third-order valence-electron chi connectivity index (χ3n) is 3.65. The van der Waals surface area contributed by atoms with Gasteiger partial charge in [-0.15, -0.1) is 0 Å². The van der Waals surface area contributed by atoms with E-state index in [1.54, 1.807) is 0 Å². The van der Waals surface area contributed by atoms with Gasteiger partial charge in [-0.3, -0.25) is 0 Å². The Morgan fingerprint density at radius 3 is 2.90 bits per heavy atom. The molecular formula is C15H18BrN3O. The number of halogens is 1. The molecule has 5 heteroatoms. The fourth-order valence-corrected chi connectivity index (χ4v) is 2.84. The Balaban J connectivity index is 1.60. The van der Waals surface area contributed by atoms with Gasteiger partial charge in [-0.1, -0.05) is 33.2 Å². The number of rotatable bonds is 4. The second-order valence-corrected chi connectivity index (χ2v) is 6.24. The maximum Gasteiger partial charge on any atom is 0.231 e. The van der Waals surface area contributed by atoms with Crippen molar-refractivity contribution in [2.24, 2.45) is 5.92 Å². The van der Waals surface area contributed by atoms with E-state index in [9.17, 15) is 0 Å². The molecule has 0 saturated carbocycles. The van der Waals surface area contributed by atoms with Crippen LogP contribution in [-0.4, -0.2) is 23.2 Å². The Labute approximate surface area is 127 Å². The van der Waals surface area contributed by atoms with Crippen LogP contribution in [0.1, 0.15) is 30.1 Å². The number of nitrogens with zero attached hydrogens (tertiary/aromatic N) is 2. The van der Waals surface area contributed by atoms with Crippen molar-refractivity contribution >= 4 is 15.9 Å². The normalized spacial score (nSPS) is 19.1. The van der Waals surface area contributed by atoms with Gasteiger partial charge < -0.3 is 9.84 Å². The number of nitrogens with one attached hydrogen (secondary N) is 1. The second-order valence-electron chi connectivity index (χ2n) is 5.32. The molecule has 1 aliphatic heterocycles. The number of hydrogen-bond acceptors (Lipinski definition) is 4. The first-order chi connectivity index (χ1) is 9.79. The molecule has 1 atom stereocenters. The lowest BCUT2D eigenvalue weighted by Gasteiger charge is -2.20. The van der Waals surface area contributed by atoms with Crippen molar-refractivity contribution in [2.45, 2.75) is 25.7 Å². The van der Waals surface area contributed by atoms with Crippen molar-refractivity contribution < 1.29 is 4.52 Å². The highest BCUT2D eigenvalue weighted by Crippen LogP contribution is 2.16. The molecule has 3 rings (SSSR count). The van der Waals surface area contributed by atoms with Crippen LogP contribution in [-0.2, 0) is 12.8 Å². The largest absolute Gasteiger partial charge is 0.339 e. The molecule has 1 unspecified atom stereocenters. The first-order valence-corrected chi connectivity index (χ1v) is 7.85. The molecule has 1 aliphatic rings. The minimum absolute atomic E-state index is 0.641. The minimum Gasteiger partial charge on any atom is -0.339 e. The highest BCUT2D eigenvalue weighted by atomic mass is 79.9. The molecule has 1 aromatic carbocycles. The summed E-state index contributed by atoms with van der Waals surface area (Å²) >= 11 is 3.43. The third-order valence-corrected chi connectivity index (χ3v) is 4.18. The summed E-state index contributed by atoms with van der Waals surface area (Å²) in [6.45, 7) is 2.20. The molecule has 1 aromatic heterocycles. The average molecular weight is 336 g/mol. The zero-order chi connectivity index (χ0) is 13.8. The Morgan fingerprint density at radius 2 is 2.15 bits per heavy atom. The average Bonchev–Trinajstić information content (AvgIpc) is 2.90. The standard InChI is InChI=1S/C15H18BrN3O/c16-13-5-3-11(4-6-13)9-15-18-14(19-20-15)8-12-2-1-7-17-10-12/h3-6,12,17H,1-2,7-10H2. The maximum atomic E-state index is 5.35. The van der Waals surface area contributed by atoms with E-state index < -0.39 is 0 Å². The number of aromatic nitrogens is 2. The van der Waals surface area contributed by atoms with Crippen LogP contribution in [0.3, 0.4) is 0 Å². The fourth-order valence-electron chi connectivity index (χ4n) is 2.58. The molecule has 1 fully saturated rings. The van der Waals surface area contributed by atoms with Gasteiger partial charge >= 0.3 is 0 Å². The van der Waals surface area contributed by atoms with Crippen molar-refractivity contribution in [3.8, 4) is 0 Å². The Morgan fingerprint density at radius 1 is 1.30 bits per heavy atom. The summed E-state index contributed by atoms with van der Waals surface area (Å²) in [5.41, 5.74) is 1.18. The monoisotopic (exact) mass is 335 g/mol. The van der Waals surface area contributed by atoms with Crippen LogP contribution >= 0.6 is 15.9 Å². The Hall–Kier alpha value is -1.20. The van der Waals surface area contributed by atoms with Gasteiger partial charge in [-0.2, -0.15) is 4.98 Å². The molecule has 0 radical (unpaired) electrons. The van der Waals surface area contributed by atoms with Gasteiger partial charge in [0.2, 0.25) is 5.89 Å². The molecule has 2 aromatic rings. The van der Waals surface area contributed by atoms with Gasteiger partial charge in [0.25, 0.3) is 0 Å². The molecule has 20 heavy (non-hydrogen) atoms. The van der Waals surface area contributed by atoms with E-state index in [0.717, 1.165) is 29.8 Å². The SMILES string of the molecule is Brc1ccc(Cc2nc(CC3CCCNC3)no2)cc1. The molecule has 1 N–H and O–H groups in total. The van der Waals surface area contributed by atoms with E-state index in [-0.39, 0.29) is 0 Å². The van der Waals surface area contributed by atoms with Gasteiger partial charge in [-0.05, 0) is 49.5 Å². The van der Waals surface area contributed by atoms with E-state index in [1.165, 1.54) is 18.4 Å². The van der Waals surface area contributed by atoms with Gasteiger partial charge in [0.1, 0.15) is 0 Å². The van der Waals surface area contributed by atoms with Crippen molar-refractivity contribution in [3.05, 3.63) is 46.0 Å². The van der Waals surface area contributed by atoms with Crippen LogP contribution in [0.2, 0.25) is 0 Å². The zero-order valence-electron chi connectivity index (χ0n) is 11.3. The molecule has 0 spiro atoms. The Bertz CT molecular complexity index is 547. The predicted molar refractivity (Wildman–Crippen MR) is 80.5 cm³/mol. The highest BCUT2D eigenvalue weighted by molar-refractivity contribution is 9.10. The van der Waals surface area contributed by atoms with Crippen LogP contribution < -0.4 is 5.32 Å². The summed E-state index contributed by atoms with van der Waals surface area (Å²) in [5, 5.41) is 7.52. The first-order valence-electron chi connectivity index (χ1n) is 7.06. The summed E-state index contributed by atoms with van der Waals surface area (Å²) in [6.07, 6.45) is 4.11. The molecular weight excluding hydrogens is 318 g/mol. The zero-order valence-corrected chi connectivity index (χ0v) is 12.9. The van der Waals surface area contributed by atoms with Gasteiger partial charge in [0.05, 0.1) is 6.42 Å². The van der Waals surface area contributed by atoms with E-state index in [0.29, 0.717) is 18.2 Å². The summed E-state index contributed by atoms with van der Waals surface area (Å²) in [4.78, 5) is 4.50. The van der Waals surface area contributed by atoms with Crippen molar-refractivity contribution in [1.82, 2.24) is 15.5 Å². The lowest BCUT2D eigenvalue weighted by atomic mass is 9.96. The number of piperidine rings is 1. The van der Waals surface area contributed by atoms with Crippen molar-refractivity contribution in [3.63, 3.8) is 0 Å². The topological polar surface area (TPSA) is 51.0 Å². The van der Waals surface area contributed by atoms with Crippen LogP contribution in [0.4, 0.5) is 0 Å². The smallest absolute Gasteiger partial charge is 0.231 e. The van der Waals surface area contributed by atoms with E-state index in [4.69, 9.17) is 4.52 Å². The molecule has 4 nitrogen and oxygen atoms in total. The quantitative estimate of drug-likeness (QED) is 0.933. The van der Waals surface area contributed by atoms with E-state index in [2.05, 4.69) is 43.5 Å². The van der Waals surface area contributed by atoms with E-state index >= 15 is 0 Å². The van der Waals surface area contributed by atoms with Crippen molar-refractivity contribution in [1.29, 1.82) is 0 Å². The van der Waals surface area contributed by atoms with Crippen molar-refractivity contribution in [2.75, 3.05) is 13.1 Å². The lowest BCUT2D eigenvalue weighted by molar-refractivity contribution is 0.351. The third kappa shape index (κ3) is 3.67. The summed E-state index contributed by atoms with van der Waals surface area (Å²) in [7, 11) is 0. The molecule has 2 heterocycles. The Kier molecular flexibility index (Phi) is 4.47. The fraction of sp³-hybridized carbons (Fsp3) is 0.467. The minimum atomic E-state index is 0.641. The molecule has 106 valence electrons. The van der Waals surface area contributed by atoms with Crippen LogP contribution in [0.5, 0.6) is 0 Å². The van der Waals surface area contributed by atoms with Gasteiger partial charge in [-0.25, -0.2) is 0 Å². The molecule has 0 amide bonds. The molecule has 0 bridgehead atoms. The van der Waals surface area contributed by atoms with Crippen LogP contribution in [0.25, 0.3) is 0 Å². The number of benzene rings is 1. The van der Waals surface area contributed by atoms with Crippen LogP contribution in [0, 0.1) is 5.92 Å². The molecule has 0 aliphatic carbocycles. The summed E-state index contributed by atoms with van der Waals surface area (Å²) in [6, 6.07) is 8.19. The van der Waals surface area contributed by atoms with Gasteiger partial charge in [0.15, 0.2) is 5.82 Å². The van der Waals surface area contributed by atoms with Gasteiger partial charge in [0, 0.05) is 10.9 Å². The number of hydrogen-bond donors (Lipinski definition) is 1. The van der Waals surface area contributed by atoms with Crippen LogP contribution in [0.15, 0.2) is 33.3 Å². The first kappa shape index (κ1) is 13.8. The second kappa shape index (κ2) is 6.50.